The molecule has 0 spiro atoms. The lowest BCUT2D eigenvalue weighted by Gasteiger charge is -1.92. The molecule has 0 N–H and O–H groups in total. The van der Waals surface area contributed by atoms with Crippen LogP contribution in [0, 0.1) is 6.20 Å². The summed E-state index contributed by atoms with van der Waals surface area (Å²) < 4.78 is 0. The average molecular weight is 181 g/mol. The predicted octanol–water partition coefficient (Wildman–Crippen LogP) is 2.84. The Labute approximate surface area is 67.6 Å². The first kappa shape index (κ1) is 7.13. The van der Waals surface area contributed by atoms with Crippen molar-refractivity contribution < 1.29 is 0 Å². The van der Waals surface area contributed by atoms with Gasteiger partial charge < -0.3 is 0 Å². The molecule has 0 bridgehead atoms. The van der Waals surface area contributed by atoms with Gasteiger partial charge in [0, 0.05) is 6.20 Å². The smallest absolute Gasteiger partial charge is 0.110 e. The van der Waals surface area contributed by atoms with Crippen LogP contribution in [0.25, 0.3) is 0 Å². The molecule has 0 unspecified atom stereocenters. The normalized spacial score (nSPS) is 9.67. The van der Waals surface area contributed by atoms with Crippen molar-refractivity contribution in [2.75, 3.05) is 0 Å². The van der Waals surface area contributed by atoms with Crippen molar-refractivity contribution in [3.05, 3.63) is 27.5 Å². The first-order valence-corrected chi connectivity index (χ1v) is 3.22. The molecule has 1 aromatic heterocycles. The van der Waals surface area contributed by atoms with Gasteiger partial charge in [0.1, 0.15) is 6.20 Å². The Morgan fingerprint density at radius 3 is 2.44 bits per heavy atom. The molecule has 1 heterocycles. The molecular weight excluding hydrogens is 180 g/mol. The van der Waals surface area contributed by atoms with Crippen LogP contribution in [0.4, 0.5) is 0 Å². The van der Waals surface area contributed by atoms with Gasteiger partial charge in [-0.15, -0.1) is 0 Å². The number of aromatic nitrogens is 1. The van der Waals surface area contributed by atoms with E-state index in [1.54, 1.807) is 0 Å². The molecule has 1 radical (unpaired) electrons. The molecule has 1 rings (SSSR count). The zero-order valence-electron chi connectivity index (χ0n) is 4.16. The number of nitrogens with zero attached hydrogens (tertiary/aromatic N) is 1. The van der Waals surface area contributed by atoms with E-state index in [9.17, 15) is 0 Å². The summed E-state index contributed by atoms with van der Waals surface area (Å²) in [6.07, 6.45) is 3.82. The molecule has 9 heavy (non-hydrogen) atoms. The molecular formula is C5HCl3N. The minimum atomic E-state index is 0.254. The summed E-state index contributed by atoms with van der Waals surface area (Å²) >= 11 is 16.5. The molecule has 0 saturated heterocycles. The molecule has 1 nitrogen and oxygen atoms in total. The van der Waals surface area contributed by atoms with Crippen LogP contribution in [-0.4, -0.2) is 4.98 Å². The fourth-order valence-electron chi connectivity index (χ4n) is 0.356. The van der Waals surface area contributed by atoms with E-state index in [2.05, 4.69) is 11.2 Å². The number of hydrogen-bond donors (Lipinski definition) is 0. The van der Waals surface area contributed by atoms with E-state index >= 15 is 0 Å². The van der Waals surface area contributed by atoms with Crippen LogP contribution in [0.1, 0.15) is 0 Å². The van der Waals surface area contributed by atoms with E-state index < -0.39 is 0 Å². The van der Waals surface area contributed by atoms with Crippen LogP contribution in [-0.2, 0) is 0 Å². The molecule has 47 valence electrons. The van der Waals surface area contributed by atoms with Gasteiger partial charge >= 0.3 is 0 Å². The Balaban J connectivity index is 3.25. The lowest BCUT2D eigenvalue weighted by Crippen LogP contribution is -1.74. The van der Waals surface area contributed by atoms with E-state index in [1.165, 1.54) is 6.20 Å². The molecule has 0 amide bonds. The monoisotopic (exact) mass is 180 g/mol. The third-order valence-corrected chi connectivity index (χ3v) is 1.89. The third-order valence-electron chi connectivity index (χ3n) is 0.743. The van der Waals surface area contributed by atoms with Gasteiger partial charge in [-0.1, -0.05) is 34.8 Å². The lowest BCUT2D eigenvalue weighted by atomic mass is 10.5. The summed E-state index contributed by atoms with van der Waals surface area (Å²) in [7, 11) is 0. The van der Waals surface area contributed by atoms with Gasteiger partial charge in [0.2, 0.25) is 0 Å². The molecule has 0 saturated carbocycles. The van der Waals surface area contributed by atoms with Crippen molar-refractivity contribution in [1.82, 2.24) is 4.98 Å². The summed E-state index contributed by atoms with van der Waals surface area (Å²) in [5, 5.41) is 0.901. The second-order valence-corrected chi connectivity index (χ2v) is 2.51. The average Bonchev–Trinajstić information content (AvgIpc) is 1.83. The van der Waals surface area contributed by atoms with Crippen LogP contribution < -0.4 is 0 Å². The standard InChI is InChI=1S/C5HCl3N/c6-3-1-9-2-4(7)5(3)8/h1H. The van der Waals surface area contributed by atoms with Crippen molar-refractivity contribution in [3.63, 3.8) is 0 Å². The maximum atomic E-state index is 5.54. The number of hydrogen-bond acceptors (Lipinski definition) is 1. The maximum Gasteiger partial charge on any atom is 0.110 e. The van der Waals surface area contributed by atoms with Gasteiger partial charge in [-0.2, -0.15) is 0 Å². The van der Waals surface area contributed by atoms with Gasteiger partial charge in [0.05, 0.1) is 15.1 Å². The second-order valence-electron chi connectivity index (χ2n) is 1.35. The highest BCUT2D eigenvalue weighted by molar-refractivity contribution is 6.47. The summed E-state index contributed by atoms with van der Waals surface area (Å²) in [4.78, 5) is 3.57. The van der Waals surface area contributed by atoms with Crippen LogP contribution in [0.15, 0.2) is 6.20 Å². The molecule has 0 aliphatic carbocycles. The van der Waals surface area contributed by atoms with Gasteiger partial charge in [-0.3, -0.25) is 4.98 Å². The fourth-order valence-corrected chi connectivity index (χ4v) is 0.790. The Morgan fingerprint density at radius 2 is 2.00 bits per heavy atom. The van der Waals surface area contributed by atoms with Crippen LogP contribution in [0.3, 0.4) is 0 Å². The molecule has 1 aromatic rings. The van der Waals surface area contributed by atoms with E-state index in [1.807, 2.05) is 0 Å². The molecule has 0 aliphatic rings. The SMILES string of the molecule is Clc1[c]ncc(Cl)c1Cl. The number of rotatable bonds is 0. The van der Waals surface area contributed by atoms with Crippen molar-refractivity contribution in [3.8, 4) is 0 Å². The van der Waals surface area contributed by atoms with Crippen molar-refractivity contribution in [2.45, 2.75) is 0 Å². The Bertz CT molecular complexity index is 203. The number of halogens is 3. The maximum absolute atomic E-state index is 5.54. The highest BCUT2D eigenvalue weighted by atomic mass is 35.5. The molecule has 0 aliphatic heterocycles. The lowest BCUT2D eigenvalue weighted by molar-refractivity contribution is 1.31. The van der Waals surface area contributed by atoms with E-state index in [0.717, 1.165) is 0 Å². The quantitative estimate of drug-likeness (QED) is 0.600. The van der Waals surface area contributed by atoms with Crippen LogP contribution in [0.2, 0.25) is 15.1 Å². The summed E-state index contributed by atoms with van der Waals surface area (Å²) in [6, 6.07) is 0. The van der Waals surface area contributed by atoms with E-state index in [4.69, 9.17) is 34.8 Å². The topological polar surface area (TPSA) is 12.9 Å². The Hall–Kier alpha value is 0.0200. The van der Waals surface area contributed by atoms with Gasteiger partial charge in [-0.05, 0) is 0 Å². The second kappa shape index (κ2) is 2.74. The first-order valence-electron chi connectivity index (χ1n) is 2.09. The zero-order valence-corrected chi connectivity index (χ0v) is 6.43. The van der Waals surface area contributed by atoms with Crippen molar-refractivity contribution in [2.24, 2.45) is 0 Å². The van der Waals surface area contributed by atoms with Gasteiger partial charge in [0.15, 0.2) is 0 Å². The predicted molar refractivity (Wildman–Crippen MR) is 38.1 cm³/mol. The fraction of sp³-hybridized carbons (Fsp3) is 0. The minimum Gasteiger partial charge on any atom is -0.251 e. The largest absolute Gasteiger partial charge is 0.251 e. The third kappa shape index (κ3) is 1.48. The highest BCUT2D eigenvalue weighted by Crippen LogP contribution is 2.26. The van der Waals surface area contributed by atoms with Gasteiger partial charge in [0.25, 0.3) is 0 Å². The minimum absolute atomic E-state index is 0.254. The van der Waals surface area contributed by atoms with Gasteiger partial charge in [-0.25, -0.2) is 0 Å². The van der Waals surface area contributed by atoms with E-state index in [0.29, 0.717) is 10.0 Å². The van der Waals surface area contributed by atoms with Crippen molar-refractivity contribution in [1.29, 1.82) is 0 Å². The Kier molecular flexibility index (Phi) is 2.17. The molecule has 0 aromatic carbocycles. The first-order chi connectivity index (χ1) is 4.22. The Morgan fingerprint density at radius 1 is 1.33 bits per heavy atom. The summed E-state index contributed by atoms with van der Waals surface area (Å²) in [6.45, 7) is 0. The molecule has 4 heteroatoms. The van der Waals surface area contributed by atoms with Crippen molar-refractivity contribution >= 4 is 34.8 Å². The zero-order chi connectivity index (χ0) is 6.85. The summed E-state index contributed by atoms with van der Waals surface area (Å²) in [5.41, 5.74) is 0. The number of pyridine rings is 1. The molecule has 0 fully saturated rings. The molecule has 0 atom stereocenters. The van der Waals surface area contributed by atoms with Crippen LogP contribution >= 0.6 is 34.8 Å². The highest BCUT2D eigenvalue weighted by Gasteiger charge is 2.00. The van der Waals surface area contributed by atoms with Crippen LogP contribution in [0.5, 0.6) is 0 Å². The van der Waals surface area contributed by atoms with E-state index in [-0.39, 0.29) is 5.02 Å². The summed E-state index contributed by atoms with van der Waals surface area (Å²) in [5.74, 6) is 0.